The van der Waals surface area contributed by atoms with E-state index in [4.69, 9.17) is 9.15 Å². The number of ether oxygens (including phenoxy) is 1. The Morgan fingerprint density at radius 1 is 1.35 bits per heavy atom. The van der Waals surface area contributed by atoms with E-state index in [2.05, 4.69) is 10.6 Å². The fourth-order valence-corrected chi connectivity index (χ4v) is 3.33. The number of amides is 3. The number of furan rings is 1. The highest BCUT2D eigenvalue weighted by atomic mass is 32.2. The van der Waals surface area contributed by atoms with Gasteiger partial charge >= 0.3 is 6.03 Å². The van der Waals surface area contributed by atoms with Gasteiger partial charge in [-0.25, -0.2) is 4.79 Å². The number of carbonyl (C=O) groups is 2. The van der Waals surface area contributed by atoms with Gasteiger partial charge in [0.15, 0.2) is 6.61 Å². The number of nitrogens with zero attached hydrogens (tertiary/aromatic N) is 1. The van der Waals surface area contributed by atoms with Gasteiger partial charge in [0, 0.05) is 19.3 Å². The van der Waals surface area contributed by atoms with E-state index in [1.54, 1.807) is 43.3 Å². The Kier molecular flexibility index (Phi) is 6.06. The fourth-order valence-electron chi connectivity index (χ4n) is 2.47. The molecule has 0 saturated heterocycles. The molecular formula is C18H21N3O4S. The summed E-state index contributed by atoms with van der Waals surface area (Å²) in [6.45, 7) is 0.623. The molecule has 0 atom stereocenters. The lowest BCUT2D eigenvalue weighted by atomic mass is 10.2. The molecule has 138 valence electrons. The van der Waals surface area contributed by atoms with Crippen LogP contribution in [0.4, 0.5) is 16.2 Å². The number of carbonyl (C=O) groups excluding carboxylic acids is 2. The highest BCUT2D eigenvalue weighted by Gasteiger charge is 2.22. The van der Waals surface area contributed by atoms with Crippen molar-refractivity contribution in [1.82, 2.24) is 5.32 Å². The minimum atomic E-state index is -0.272. The zero-order valence-electron chi connectivity index (χ0n) is 14.5. The van der Waals surface area contributed by atoms with E-state index in [-0.39, 0.29) is 18.5 Å². The summed E-state index contributed by atoms with van der Waals surface area (Å²) in [5, 5.41) is 5.60. The lowest BCUT2D eigenvalue weighted by Crippen LogP contribution is -2.35. The second-order valence-electron chi connectivity index (χ2n) is 5.79. The van der Waals surface area contributed by atoms with Gasteiger partial charge in [-0.15, -0.1) is 0 Å². The zero-order valence-corrected chi connectivity index (χ0v) is 15.3. The van der Waals surface area contributed by atoms with Crippen LogP contribution in [0.25, 0.3) is 0 Å². The van der Waals surface area contributed by atoms with Gasteiger partial charge < -0.3 is 24.7 Å². The van der Waals surface area contributed by atoms with E-state index in [0.29, 0.717) is 23.7 Å². The number of likely N-dealkylation sites (N-methyl/N-ethyl adjacent to an activating group) is 1. The molecule has 0 unspecified atom stereocenters. The molecule has 0 bridgehead atoms. The topological polar surface area (TPSA) is 83.8 Å². The highest BCUT2D eigenvalue weighted by molar-refractivity contribution is 7.98. The summed E-state index contributed by atoms with van der Waals surface area (Å²) in [7, 11) is 1.69. The van der Waals surface area contributed by atoms with Gasteiger partial charge in [0.1, 0.15) is 11.5 Å². The van der Waals surface area contributed by atoms with Crippen molar-refractivity contribution in [2.24, 2.45) is 0 Å². The molecule has 2 heterocycles. The van der Waals surface area contributed by atoms with Gasteiger partial charge in [-0.3, -0.25) is 4.79 Å². The largest absolute Gasteiger partial charge is 0.482 e. The van der Waals surface area contributed by atoms with Gasteiger partial charge in [0.25, 0.3) is 5.91 Å². The molecule has 2 aromatic rings. The van der Waals surface area contributed by atoms with Crippen LogP contribution in [-0.4, -0.2) is 37.9 Å². The Hall–Kier alpha value is -2.61. The van der Waals surface area contributed by atoms with Gasteiger partial charge in [0.05, 0.1) is 17.7 Å². The van der Waals surface area contributed by atoms with Crippen molar-refractivity contribution in [2.75, 3.05) is 36.2 Å². The number of thioether (sulfide) groups is 1. The molecule has 3 rings (SSSR count). The minimum absolute atomic E-state index is 0.0364. The fraction of sp³-hybridized carbons (Fsp3) is 0.333. The predicted octanol–water partition coefficient (Wildman–Crippen LogP) is 3.08. The van der Waals surface area contributed by atoms with Gasteiger partial charge in [-0.2, -0.15) is 11.8 Å². The maximum absolute atomic E-state index is 12.0. The van der Waals surface area contributed by atoms with Crippen LogP contribution >= 0.6 is 11.8 Å². The predicted molar refractivity (Wildman–Crippen MR) is 102 cm³/mol. The number of fused-ring (bicyclic) bond motifs is 1. The van der Waals surface area contributed by atoms with E-state index in [0.717, 1.165) is 23.7 Å². The molecular weight excluding hydrogens is 354 g/mol. The van der Waals surface area contributed by atoms with Crippen LogP contribution in [0.3, 0.4) is 0 Å². The van der Waals surface area contributed by atoms with E-state index >= 15 is 0 Å². The standard InChI is InChI=1S/C18H21N3O4S/c1-21-15-10-13(5-6-16(15)25-11-17(21)22)20-18(23)19-7-3-9-26-12-14-4-2-8-24-14/h2,4-6,8,10H,3,7,9,11-12H2,1H3,(H2,19,20,23). The van der Waals surface area contributed by atoms with E-state index in [1.807, 2.05) is 12.1 Å². The number of hydrogen-bond acceptors (Lipinski definition) is 5. The van der Waals surface area contributed by atoms with Crippen molar-refractivity contribution >= 4 is 35.1 Å². The first-order chi connectivity index (χ1) is 12.6. The number of benzene rings is 1. The highest BCUT2D eigenvalue weighted by Crippen LogP contribution is 2.33. The number of nitrogens with one attached hydrogen (secondary N) is 2. The molecule has 1 aromatic heterocycles. The molecule has 1 aliphatic heterocycles. The van der Waals surface area contributed by atoms with Crippen molar-refractivity contribution in [2.45, 2.75) is 12.2 Å². The van der Waals surface area contributed by atoms with E-state index in [9.17, 15) is 9.59 Å². The zero-order chi connectivity index (χ0) is 18.4. The molecule has 1 aliphatic rings. The Morgan fingerprint density at radius 3 is 3.04 bits per heavy atom. The molecule has 8 heteroatoms. The second kappa shape index (κ2) is 8.66. The quantitative estimate of drug-likeness (QED) is 0.727. The van der Waals surface area contributed by atoms with Gasteiger partial charge in [-0.05, 0) is 42.5 Å². The summed E-state index contributed by atoms with van der Waals surface area (Å²) in [5.41, 5.74) is 1.26. The Morgan fingerprint density at radius 2 is 2.23 bits per heavy atom. The summed E-state index contributed by atoms with van der Waals surface area (Å²) >= 11 is 1.77. The monoisotopic (exact) mass is 375 g/mol. The SMILES string of the molecule is CN1C(=O)COc2ccc(NC(=O)NCCCSCc3ccco3)cc21. The van der Waals surface area contributed by atoms with Crippen molar-refractivity contribution in [1.29, 1.82) is 0 Å². The summed E-state index contributed by atoms with van der Waals surface area (Å²) in [4.78, 5) is 25.2. The Labute approximate surface area is 156 Å². The second-order valence-corrected chi connectivity index (χ2v) is 6.90. The van der Waals surface area contributed by atoms with Crippen LogP contribution in [0.2, 0.25) is 0 Å². The van der Waals surface area contributed by atoms with E-state index in [1.165, 1.54) is 4.90 Å². The van der Waals surface area contributed by atoms with Crippen LogP contribution < -0.4 is 20.3 Å². The number of hydrogen-bond donors (Lipinski definition) is 2. The summed E-state index contributed by atoms with van der Waals surface area (Å²) in [6, 6.07) is 8.79. The molecule has 0 radical (unpaired) electrons. The smallest absolute Gasteiger partial charge is 0.319 e. The van der Waals surface area contributed by atoms with Gasteiger partial charge in [-0.1, -0.05) is 0 Å². The molecule has 1 aromatic carbocycles. The molecule has 0 saturated carbocycles. The molecule has 7 nitrogen and oxygen atoms in total. The third-order valence-electron chi connectivity index (χ3n) is 3.88. The number of rotatable bonds is 7. The average Bonchev–Trinajstić information content (AvgIpc) is 3.15. The molecule has 3 amide bonds. The van der Waals surface area contributed by atoms with Crippen LogP contribution in [0.15, 0.2) is 41.0 Å². The first kappa shape index (κ1) is 18.2. The molecule has 0 aliphatic carbocycles. The van der Waals surface area contributed by atoms with Crippen molar-refractivity contribution in [3.8, 4) is 5.75 Å². The molecule has 26 heavy (non-hydrogen) atoms. The molecule has 0 fully saturated rings. The summed E-state index contributed by atoms with van der Waals surface area (Å²) in [6.07, 6.45) is 2.54. The minimum Gasteiger partial charge on any atom is -0.482 e. The first-order valence-electron chi connectivity index (χ1n) is 8.32. The Balaban J connectivity index is 1.39. The van der Waals surface area contributed by atoms with E-state index < -0.39 is 0 Å². The third kappa shape index (κ3) is 4.72. The van der Waals surface area contributed by atoms with Gasteiger partial charge in [0.2, 0.25) is 0 Å². The lowest BCUT2D eigenvalue weighted by molar-refractivity contribution is -0.120. The number of anilines is 2. The van der Waals surface area contributed by atoms with Crippen molar-refractivity contribution in [3.05, 3.63) is 42.4 Å². The summed E-state index contributed by atoms with van der Waals surface area (Å²) < 4.78 is 10.6. The first-order valence-corrected chi connectivity index (χ1v) is 9.47. The van der Waals surface area contributed by atoms with Crippen molar-refractivity contribution in [3.63, 3.8) is 0 Å². The van der Waals surface area contributed by atoms with Crippen LogP contribution in [0, 0.1) is 0 Å². The number of urea groups is 1. The normalized spacial score (nSPS) is 13.1. The lowest BCUT2D eigenvalue weighted by Gasteiger charge is -2.26. The van der Waals surface area contributed by atoms with Crippen molar-refractivity contribution < 1.29 is 18.7 Å². The third-order valence-corrected chi connectivity index (χ3v) is 4.94. The van der Waals surface area contributed by atoms with Crippen LogP contribution in [0.1, 0.15) is 12.2 Å². The summed E-state index contributed by atoms with van der Waals surface area (Å²) in [5.74, 6) is 3.24. The average molecular weight is 375 g/mol. The van der Waals surface area contributed by atoms with Crippen LogP contribution in [0.5, 0.6) is 5.75 Å². The van der Waals surface area contributed by atoms with Crippen LogP contribution in [-0.2, 0) is 10.5 Å². The Bertz CT molecular complexity index is 764. The molecule has 2 N–H and O–H groups in total. The molecule has 0 spiro atoms. The maximum Gasteiger partial charge on any atom is 0.319 e. The maximum atomic E-state index is 12.0.